The van der Waals surface area contributed by atoms with Crippen molar-refractivity contribution < 1.29 is 13.6 Å². The summed E-state index contributed by atoms with van der Waals surface area (Å²) in [5, 5.41) is 3.01. The summed E-state index contributed by atoms with van der Waals surface area (Å²) in [6.45, 7) is 1.79. The van der Waals surface area contributed by atoms with Crippen LogP contribution in [-0.4, -0.2) is 25.0 Å². The molecule has 1 unspecified atom stereocenters. The largest absolute Gasteiger partial charge is 0.467 e. The van der Waals surface area contributed by atoms with Gasteiger partial charge in [-0.1, -0.05) is 6.07 Å². The van der Waals surface area contributed by atoms with Gasteiger partial charge in [0.15, 0.2) is 0 Å². The van der Waals surface area contributed by atoms with Crippen LogP contribution in [0.25, 0.3) is 0 Å². The van der Waals surface area contributed by atoms with Crippen molar-refractivity contribution >= 4 is 11.6 Å². The number of amides is 1. The lowest BCUT2D eigenvalue weighted by Gasteiger charge is -2.34. The molecule has 2 aromatic rings. The summed E-state index contributed by atoms with van der Waals surface area (Å²) in [7, 11) is 0. The molecule has 1 aromatic heterocycles. The topological polar surface area (TPSA) is 71.5 Å². The number of anilines is 1. The van der Waals surface area contributed by atoms with Crippen molar-refractivity contribution in [3.8, 4) is 0 Å². The van der Waals surface area contributed by atoms with E-state index in [4.69, 9.17) is 10.2 Å². The first-order valence-corrected chi connectivity index (χ1v) is 7.74. The highest BCUT2D eigenvalue weighted by atomic mass is 19.1. The van der Waals surface area contributed by atoms with Gasteiger partial charge in [-0.2, -0.15) is 0 Å². The Morgan fingerprint density at radius 1 is 1.43 bits per heavy atom. The second-order valence-electron chi connectivity index (χ2n) is 5.74. The second kappa shape index (κ2) is 6.83. The molecule has 1 saturated heterocycles. The lowest BCUT2D eigenvalue weighted by Crippen LogP contribution is -2.47. The molecule has 0 bridgehead atoms. The average Bonchev–Trinajstić information content (AvgIpc) is 3.04. The number of hydrogen-bond donors (Lipinski definition) is 2. The van der Waals surface area contributed by atoms with Crippen LogP contribution in [0.3, 0.4) is 0 Å². The van der Waals surface area contributed by atoms with Crippen LogP contribution in [-0.2, 0) is 6.54 Å². The van der Waals surface area contributed by atoms with Crippen molar-refractivity contribution in [2.75, 3.05) is 18.0 Å². The van der Waals surface area contributed by atoms with Crippen molar-refractivity contribution in [1.82, 2.24) is 5.32 Å². The fourth-order valence-electron chi connectivity index (χ4n) is 2.88. The number of piperidine rings is 1. The average molecular weight is 317 g/mol. The molecule has 1 atom stereocenters. The number of benzene rings is 1. The summed E-state index contributed by atoms with van der Waals surface area (Å²) < 4.78 is 18.6. The molecule has 1 aromatic carbocycles. The van der Waals surface area contributed by atoms with Crippen molar-refractivity contribution in [2.45, 2.75) is 25.4 Å². The van der Waals surface area contributed by atoms with E-state index < -0.39 is 0 Å². The molecule has 3 N–H and O–H groups in total. The van der Waals surface area contributed by atoms with E-state index in [0.29, 0.717) is 17.9 Å². The zero-order valence-electron chi connectivity index (χ0n) is 12.8. The number of furan rings is 1. The van der Waals surface area contributed by atoms with Gasteiger partial charge >= 0.3 is 0 Å². The molecule has 23 heavy (non-hydrogen) atoms. The summed E-state index contributed by atoms with van der Waals surface area (Å²) >= 11 is 0. The maximum atomic E-state index is 13.4. The van der Waals surface area contributed by atoms with Crippen LogP contribution in [0, 0.1) is 5.82 Å². The first-order chi connectivity index (χ1) is 11.2. The van der Waals surface area contributed by atoms with Gasteiger partial charge in [-0.15, -0.1) is 0 Å². The van der Waals surface area contributed by atoms with Gasteiger partial charge in [-0.05, 0) is 37.1 Å². The van der Waals surface area contributed by atoms with E-state index in [1.54, 1.807) is 12.1 Å². The smallest absolute Gasteiger partial charge is 0.254 e. The third-order valence-electron chi connectivity index (χ3n) is 4.05. The minimum absolute atomic E-state index is 0.0238. The molecule has 3 rings (SSSR count). The predicted molar refractivity (Wildman–Crippen MR) is 85.7 cm³/mol. The minimum Gasteiger partial charge on any atom is -0.467 e. The van der Waals surface area contributed by atoms with Gasteiger partial charge in [0.05, 0.1) is 12.1 Å². The molecule has 1 aliphatic rings. The van der Waals surface area contributed by atoms with Gasteiger partial charge in [-0.3, -0.25) is 4.79 Å². The first kappa shape index (κ1) is 15.6. The fourth-order valence-corrected chi connectivity index (χ4v) is 2.88. The molecule has 122 valence electrons. The van der Waals surface area contributed by atoms with E-state index in [0.717, 1.165) is 25.1 Å². The van der Waals surface area contributed by atoms with Crippen LogP contribution in [0.4, 0.5) is 10.1 Å². The van der Waals surface area contributed by atoms with Gasteiger partial charge in [0.1, 0.15) is 17.8 Å². The number of hydrogen-bond acceptors (Lipinski definition) is 4. The van der Waals surface area contributed by atoms with Gasteiger partial charge in [0, 0.05) is 24.8 Å². The Labute approximate surface area is 134 Å². The SMILES string of the molecule is NCc1cc(C(=O)NC2CCCN(c3cccc(F)c3)C2)co1. The third kappa shape index (κ3) is 3.71. The highest BCUT2D eigenvalue weighted by molar-refractivity contribution is 5.94. The molecular weight excluding hydrogens is 297 g/mol. The van der Waals surface area contributed by atoms with Crippen molar-refractivity contribution in [3.05, 3.63) is 53.7 Å². The van der Waals surface area contributed by atoms with Crippen LogP contribution >= 0.6 is 0 Å². The van der Waals surface area contributed by atoms with Crippen LogP contribution in [0.15, 0.2) is 41.0 Å². The molecule has 0 aliphatic carbocycles. The highest BCUT2D eigenvalue weighted by Crippen LogP contribution is 2.21. The Balaban J connectivity index is 1.63. The molecule has 1 amide bonds. The van der Waals surface area contributed by atoms with Gasteiger partial charge in [0.2, 0.25) is 0 Å². The third-order valence-corrected chi connectivity index (χ3v) is 4.05. The van der Waals surface area contributed by atoms with E-state index >= 15 is 0 Å². The quantitative estimate of drug-likeness (QED) is 0.907. The minimum atomic E-state index is -0.249. The van der Waals surface area contributed by atoms with Crippen molar-refractivity contribution in [3.63, 3.8) is 0 Å². The van der Waals surface area contributed by atoms with E-state index in [-0.39, 0.29) is 24.3 Å². The molecule has 0 spiro atoms. The number of halogens is 1. The number of carbonyl (C=O) groups excluding carboxylic acids is 1. The molecule has 0 saturated carbocycles. The standard InChI is InChI=1S/C17H20FN3O2/c18-13-3-1-5-15(8-13)21-6-2-4-14(10-21)20-17(22)12-7-16(9-19)23-11-12/h1,3,5,7-8,11,14H,2,4,6,9-10,19H2,(H,20,22). The maximum Gasteiger partial charge on any atom is 0.254 e. The van der Waals surface area contributed by atoms with Crippen LogP contribution in [0.1, 0.15) is 29.0 Å². The van der Waals surface area contributed by atoms with E-state index in [1.165, 1.54) is 18.4 Å². The van der Waals surface area contributed by atoms with Gasteiger partial charge < -0.3 is 20.4 Å². The molecule has 1 aliphatic heterocycles. The van der Waals surface area contributed by atoms with Gasteiger partial charge in [0.25, 0.3) is 5.91 Å². The van der Waals surface area contributed by atoms with Crippen LogP contribution < -0.4 is 16.0 Å². The Bertz CT molecular complexity index is 686. The van der Waals surface area contributed by atoms with E-state index in [1.807, 2.05) is 6.07 Å². The lowest BCUT2D eigenvalue weighted by molar-refractivity contribution is 0.0932. The molecular formula is C17H20FN3O2. The van der Waals surface area contributed by atoms with Crippen molar-refractivity contribution in [2.24, 2.45) is 5.73 Å². The Morgan fingerprint density at radius 3 is 3.04 bits per heavy atom. The zero-order valence-corrected chi connectivity index (χ0v) is 12.8. The number of rotatable bonds is 4. The number of carbonyl (C=O) groups is 1. The Morgan fingerprint density at radius 2 is 2.30 bits per heavy atom. The highest BCUT2D eigenvalue weighted by Gasteiger charge is 2.23. The molecule has 5 nitrogen and oxygen atoms in total. The van der Waals surface area contributed by atoms with Crippen LogP contribution in [0.5, 0.6) is 0 Å². The predicted octanol–water partition coefficient (Wildman–Crippen LogP) is 2.28. The van der Waals surface area contributed by atoms with Gasteiger partial charge in [-0.25, -0.2) is 4.39 Å². The summed E-state index contributed by atoms with van der Waals surface area (Å²) in [5.74, 6) is 0.168. The fraction of sp³-hybridized carbons (Fsp3) is 0.353. The summed E-state index contributed by atoms with van der Waals surface area (Å²) in [6, 6.07) is 8.22. The second-order valence-corrected chi connectivity index (χ2v) is 5.74. The van der Waals surface area contributed by atoms with E-state index in [9.17, 15) is 9.18 Å². The normalized spacial score (nSPS) is 18.0. The summed E-state index contributed by atoms with van der Waals surface area (Å²) in [5.41, 5.74) is 6.80. The summed E-state index contributed by atoms with van der Waals surface area (Å²) in [4.78, 5) is 14.3. The number of nitrogens with two attached hydrogens (primary N) is 1. The first-order valence-electron chi connectivity index (χ1n) is 7.74. The molecule has 1 fully saturated rings. The zero-order chi connectivity index (χ0) is 16.2. The maximum absolute atomic E-state index is 13.4. The summed E-state index contributed by atoms with van der Waals surface area (Å²) in [6.07, 6.45) is 3.27. The monoisotopic (exact) mass is 317 g/mol. The molecule has 0 radical (unpaired) electrons. The number of nitrogens with zero attached hydrogens (tertiary/aromatic N) is 1. The molecule has 6 heteroatoms. The number of nitrogens with one attached hydrogen (secondary N) is 1. The lowest BCUT2D eigenvalue weighted by atomic mass is 10.0. The van der Waals surface area contributed by atoms with E-state index in [2.05, 4.69) is 10.2 Å². The molecule has 2 heterocycles. The Hall–Kier alpha value is -2.34. The van der Waals surface area contributed by atoms with Crippen LogP contribution in [0.2, 0.25) is 0 Å². The van der Waals surface area contributed by atoms with Crippen molar-refractivity contribution in [1.29, 1.82) is 0 Å². The Kier molecular flexibility index (Phi) is 4.62.